The van der Waals surface area contributed by atoms with E-state index in [9.17, 15) is 8.42 Å². The van der Waals surface area contributed by atoms with Crippen molar-refractivity contribution in [2.75, 3.05) is 5.75 Å². The van der Waals surface area contributed by atoms with Gasteiger partial charge in [0.05, 0.1) is 12.3 Å². The summed E-state index contributed by atoms with van der Waals surface area (Å²) in [6.45, 7) is 0.978. The molecule has 2 heterocycles. The monoisotopic (exact) mass is 361 g/mol. The predicted molar refractivity (Wildman–Crippen MR) is 96.4 cm³/mol. The smallest absolute Gasteiger partial charge is 0.212 e. The summed E-state index contributed by atoms with van der Waals surface area (Å²) in [5.41, 5.74) is 2.04. The Morgan fingerprint density at radius 1 is 1.12 bits per heavy atom. The summed E-state index contributed by atoms with van der Waals surface area (Å²) in [6, 6.07) is 13.7. The Balaban J connectivity index is 1.55. The molecule has 0 bridgehead atoms. The van der Waals surface area contributed by atoms with Gasteiger partial charge in [0, 0.05) is 23.8 Å². The lowest BCUT2D eigenvalue weighted by Gasteiger charge is -2.08. The number of aromatic nitrogens is 2. The third-order valence-corrected chi connectivity index (χ3v) is 5.85. The van der Waals surface area contributed by atoms with E-state index in [1.165, 1.54) is 0 Å². The number of thiophene rings is 1. The maximum absolute atomic E-state index is 12.1. The SMILES string of the molecule is O=S(=O)(CCc1cccs1)NCc1cccc(Cn2cccn2)c1. The molecule has 0 fully saturated rings. The summed E-state index contributed by atoms with van der Waals surface area (Å²) >= 11 is 1.58. The lowest BCUT2D eigenvalue weighted by Crippen LogP contribution is -2.26. The van der Waals surface area contributed by atoms with E-state index in [1.807, 2.05) is 58.7 Å². The molecule has 0 amide bonds. The van der Waals surface area contributed by atoms with E-state index in [-0.39, 0.29) is 5.75 Å². The van der Waals surface area contributed by atoms with Crippen molar-refractivity contribution in [3.8, 4) is 0 Å². The second kappa shape index (κ2) is 7.74. The summed E-state index contributed by atoms with van der Waals surface area (Å²) in [5, 5.41) is 6.14. The quantitative estimate of drug-likeness (QED) is 0.671. The number of hydrogen-bond donors (Lipinski definition) is 1. The fourth-order valence-corrected chi connectivity index (χ4v) is 4.23. The van der Waals surface area contributed by atoms with Crippen LogP contribution in [0.2, 0.25) is 0 Å². The predicted octanol–water partition coefficient (Wildman–Crippen LogP) is 2.66. The van der Waals surface area contributed by atoms with Crippen molar-refractivity contribution >= 4 is 21.4 Å². The molecule has 1 N–H and O–H groups in total. The summed E-state index contributed by atoms with van der Waals surface area (Å²) in [4.78, 5) is 1.08. The molecule has 0 aliphatic carbocycles. The van der Waals surface area contributed by atoms with Gasteiger partial charge in [0.1, 0.15) is 0 Å². The number of rotatable bonds is 8. The molecule has 0 spiro atoms. The van der Waals surface area contributed by atoms with Crippen molar-refractivity contribution in [3.63, 3.8) is 0 Å². The Labute approximate surface area is 146 Å². The van der Waals surface area contributed by atoms with Crippen molar-refractivity contribution in [1.82, 2.24) is 14.5 Å². The Morgan fingerprint density at radius 3 is 2.75 bits per heavy atom. The van der Waals surface area contributed by atoms with E-state index >= 15 is 0 Å². The van der Waals surface area contributed by atoms with Gasteiger partial charge < -0.3 is 0 Å². The van der Waals surface area contributed by atoms with E-state index in [4.69, 9.17) is 0 Å². The van der Waals surface area contributed by atoms with Crippen LogP contribution in [0.5, 0.6) is 0 Å². The van der Waals surface area contributed by atoms with Crippen LogP contribution in [0.15, 0.2) is 60.2 Å². The van der Waals surface area contributed by atoms with Gasteiger partial charge in [0.25, 0.3) is 0 Å². The molecule has 0 saturated carbocycles. The maximum atomic E-state index is 12.1. The van der Waals surface area contributed by atoms with Gasteiger partial charge in [-0.1, -0.05) is 30.3 Å². The average molecular weight is 361 g/mol. The Bertz CT molecular complexity index is 857. The number of hydrogen-bond acceptors (Lipinski definition) is 4. The molecule has 0 aliphatic rings. The molecule has 24 heavy (non-hydrogen) atoms. The zero-order chi connectivity index (χ0) is 16.8. The van der Waals surface area contributed by atoms with E-state index in [1.54, 1.807) is 17.5 Å². The molecule has 0 aliphatic heterocycles. The number of nitrogens with one attached hydrogen (secondary N) is 1. The van der Waals surface area contributed by atoms with Crippen LogP contribution in [0.4, 0.5) is 0 Å². The van der Waals surface area contributed by atoms with Crippen LogP contribution in [-0.2, 0) is 29.5 Å². The highest BCUT2D eigenvalue weighted by Crippen LogP contribution is 2.11. The minimum absolute atomic E-state index is 0.112. The topological polar surface area (TPSA) is 64.0 Å². The van der Waals surface area contributed by atoms with Gasteiger partial charge in [-0.2, -0.15) is 5.10 Å². The molecule has 0 unspecified atom stereocenters. The largest absolute Gasteiger partial charge is 0.268 e. The standard InChI is InChI=1S/C17H19N3O2S2/c21-24(22,11-7-17-6-2-10-23-17)19-13-15-4-1-5-16(12-15)14-20-9-3-8-18-20/h1-6,8-10,12,19H,7,11,13-14H2. The number of nitrogens with zero attached hydrogens (tertiary/aromatic N) is 2. The first kappa shape index (κ1) is 16.9. The molecular weight excluding hydrogens is 342 g/mol. The molecular formula is C17H19N3O2S2. The molecule has 0 saturated heterocycles. The van der Waals surface area contributed by atoms with Crippen molar-refractivity contribution in [3.05, 3.63) is 76.2 Å². The second-order valence-corrected chi connectivity index (χ2v) is 8.45. The van der Waals surface area contributed by atoms with Gasteiger partial charge in [-0.3, -0.25) is 4.68 Å². The summed E-state index contributed by atoms with van der Waals surface area (Å²) in [5.74, 6) is 0.112. The number of benzene rings is 1. The molecule has 2 aromatic heterocycles. The van der Waals surface area contributed by atoms with E-state index in [0.717, 1.165) is 16.0 Å². The van der Waals surface area contributed by atoms with Gasteiger partial charge in [-0.15, -0.1) is 11.3 Å². The fourth-order valence-electron chi connectivity index (χ4n) is 2.37. The Hall–Kier alpha value is -1.96. The first-order valence-electron chi connectivity index (χ1n) is 7.66. The molecule has 126 valence electrons. The van der Waals surface area contributed by atoms with Crippen molar-refractivity contribution in [2.45, 2.75) is 19.5 Å². The van der Waals surface area contributed by atoms with Gasteiger partial charge in [0.15, 0.2) is 0 Å². The third kappa shape index (κ3) is 5.02. The highest BCUT2D eigenvalue weighted by molar-refractivity contribution is 7.89. The highest BCUT2D eigenvalue weighted by Gasteiger charge is 2.11. The minimum atomic E-state index is -3.28. The van der Waals surface area contributed by atoms with Gasteiger partial charge in [-0.25, -0.2) is 13.1 Å². The lowest BCUT2D eigenvalue weighted by atomic mass is 10.1. The molecule has 7 heteroatoms. The Morgan fingerprint density at radius 2 is 2.00 bits per heavy atom. The first-order valence-corrected chi connectivity index (χ1v) is 10.2. The number of aryl methyl sites for hydroxylation is 1. The molecule has 1 aromatic carbocycles. The van der Waals surface area contributed by atoms with Crippen LogP contribution in [0, 0.1) is 0 Å². The second-order valence-electron chi connectivity index (χ2n) is 5.49. The van der Waals surface area contributed by atoms with E-state index in [2.05, 4.69) is 9.82 Å². The fraction of sp³-hybridized carbons (Fsp3) is 0.235. The summed E-state index contributed by atoms with van der Waals surface area (Å²) < 4.78 is 28.8. The molecule has 3 aromatic rings. The van der Waals surface area contributed by atoms with Crippen molar-refractivity contribution in [2.24, 2.45) is 0 Å². The van der Waals surface area contributed by atoms with Crippen LogP contribution in [0.1, 0.15) is 16.0 Å². The highest BCUT2D eigenvalue weighted by atomic mass is 32.2. The molecule has 0 atom stereocenters. The minimum Gasteiger partial charge on any atom is -0.268 e. The normalized spacial score (nSPS) is 11.7. The van der Waals surface area contributed by atoms with Crippen LogP contribution >= 0.6 is 11.3 Å². The van der Waals surface area contributed by atoms with Crippen LogP contribution in [-0.4, -0.2) is 24.0 Å². The van der Waals surface area contributed by atoms with Gasteiger partial charge in [-0.05, 0) is 35.1 Å². The first-order chi connectivity index (χ1) is 11.6. The maximum Gasteiger partial charge on any atom is 0.212 e. The average Bonchev–Trinajstić information content (AvgIpc) is 3.25. The van der Waals surface area contributed by atoms with E-state index < -0.39 is 10.0 Å². The zero-order valence-corrected chi connectivity index (χ0v) is 14.8. The number of sulfonamides is 1. The van der Waals surface area contributed by atoms with Crippen LogP contribution in [0.25, 0.3) is 0 Å². The third-order valence-electron chi connectivity index (χ3n) is 3.59. The van der Waals surface area contributed by atoms with Crippen LogP contribution in [0.3, 0.4) is 0 Å². The molecule has 3 rings (SSSR count). The molecule has 5 nitrogen and oxygen atoms in total. The van der Waals surface area contributed by atoms with Crippen LogP contribution < -0.4 is 4.72 Å². The Kier molecular flexibility index (Phi) is 5.44. The van der Waals surface area contributed by atoms with Gasteiger partial charge in [0.2, 0.25) is 10.0 Å². The van der Waals surface area contributed by atoms with Crippen molar-refractivity contribution < 1.29 is 8.42 Å². The zero-order valence-electron chi connectivity index (χ0n) is 13.1. The lowest BCUT2D eigenvalue weighted by molar-refractivity contribution is 0.580. The summed E-state index contributed by atoms with van der Waals surface area (Å²) in [6.07, 6.45) is 4.19. The van der Waals surface area contributed by atoms with Gasteiger partial charge >= 0.3 is 0 Å². The van der Waals surface area contributed by atoms with E-state index in [0.29, 0.717) is 19.5 Å². The molecule has 0 radical (unpaired) electrons. The van der Waals surface area contributed by atoms with Crippen molar-refractivity contribution in [1.29, 1.82) is 0 Å². The summed E-state index contributed by atoms with van der Waals surface area (Å²) in [7, 11) is -3.28.